The molecule has 0 unspecified atom stereocenters. The van der Waals surface area contributed by atoms with E-state index in [1.54, 1.807) is 10.8 Å². The lowest BCUT2D eigenvalue weighted by Gasteiger charge is -2.02. The molecule has 1 rings (SSSR count). The zero-order chi connectivity index (χ0) is 12.0. The quantitative estimate of drug-likeness (QED) is 0.329. The molecule has 1 aliphatic rings. The molecule has 0 bridgehead atoms. The van der Waals surface area contributed by atoms with Gasteiger partial charge in [-0.25, -0.2) is 4.89 Å². The predicted molar refractivity (Wildman–Crippen MR) is 77.9 cm³/mol. The Hall–Kier alpha value is 0.620. The molecule has 0 amide bonds. The smallest absolute Gasteiger partial charge is 0.102 e. The van der Waals surface area contributed by atoms with Crippen LogP contribution in [0.15, 0.2) is 0 Å². The Morgan fingerprint density at radius 3 is 1.76 bits per heavy atom. The third-order valence-corrected chi connectivity index (χ3v) is 4.74. The highest BCUT2D eigenvalue weighted by atomic mass is 33.1. The van der Waals surface area contributed by atoms with Crippen molar-refractivity contribution in [2.24, 2.45) is 0 Å². The maximum atomic E-state index is 5.10. The SMILES string of the molecule is C1CCCCCCOOSSCCCCCC1. The molecule has 2 nitrogen and oxygen atoms in total. The van der Waals surface area contributed by atoms with Crippen molar-refractivity contribution in [3.63, 3.8) is 0 Å². The minimum atomic E-state index is 0.744. The summed E-state index contributed by atoms with van der Waals surface area (Å²) in [5.74, 6) is 1.17. The summed E-state index contributed by atoms with van der Waals surface area (Å²) in [6.45, 7) is 0.744. The first-order valence-electron chi connectivity index (χ1n) is 7.08. The molecule has 1 fully saturated rings. The van der Waals surface area contributed by atoms with Crippen LogP contribution in [0, 0.1) is 0 Å². The second-order valence-corrected chi connectivity index (χ2v) is 6.70. The number of rotatable bonds is 0. The Kier molecular flexibility index (Phi) is 12.0. The normalized spacial score (nSPS) is 24.0. The first-order chi connectivity index (χ1) is 8.50. The van der Waals surface area contributed by atoms with Crippen LogP contribution in [0.2, 0.25) is 0 Å². The van der Waals surface area contributed by atoms with Gasteiger partial charge in [-0.2, -0.15) is 4.33 Å². The summed E-state index contributed by atoms with van der Waals surface area (Å²) in [5, 5.41) is 0. The highest BCUT2D eigenvalue weighted by Gasteiger charge is 1.97. The minimum Gasteiger partial charge on any atom is -0.224 e. The highest BCUT2D eigenvalue weighted by Crippen LogP contribution is 2.24. The molecule has 1 heterocycles. The third kappa shape index (κ3) is 11.4. The van der Waals surface area contributed by atoms with Crippen LogP contribution in [-0.2, 0) is 9.22 Å². The summed E-state index contributed by atoms with van der Waals surface area (Å²) < 4.78 is 5.04. The fraction of sp³-hybridized carbons (Fsp3) is 1.00. The second kappa shape index (κ2) is 13.1. The summed E-state index contributed by atoms with van der Waals surface area (Å²) in [6.07, 6.45) is 15.0. The molecule has 0 aromatic rings. The summed E-state index contributed by atoms with van der Waals surface area (Å²) in [6, 6.07) is 0. The molecule has 0 aromatic heterocycles. The largest absolute Gasteiger partial charge is 0.224 e. The Bertz CT molecular complexity index is 86.9. The molecule has 0 radical (unpaired) electrons. The van der Waals surface area contributed by atoms with Crippen LogP contribution in [0.4, 0.5) is 0 Å². The molecular weight excluding hydrogens is 252 g/mol. The molecule has 102 valence electrons. The first-order valence-corrected chi connectivity index (χ1v) is 9.32. The summed E-state index contributed by atoms with van der Waals surface area (Å²) in [7, 11) is 1.76. The maximum Gasteiger partial charge on any atom is 0.102 e. The van der Waals surface area contributed by atoms with Crippen molar-refractivity contribution in [3.05, 3.63) is 0 Å². The second-order valence-electron chi connectivity index (χ2n) is 4.67. The monoisotopic (exact) mass is 278 g/mol. The Balaban J connectivity index is 2.01. The van der Waals surface area contributed by atoms with Gasteiger partial charge in [0.1, 0.15) is 11.1 Å². The molecular formula is C13H26O2S2. The van der Waals surface area contributed by atoms with Crippen LogP contribution in [0.1, 0.15) is 70.6 Å². The van der Waals surface area contributed by atoms with Gasteiger partial charge >= 0.3 is 0 Å². The molecule has 0 spiro atoms. The average molecular weight is 278 g/mol. The Morgan fingerprint density at radius 1 is 0.588 bits per heavy atom. The van der Waals surface area contributed by atoms with E-state index in [9.17, 15) is 0 Å². The van der Waals surface area contributed by atoms with Gasteiger partial charge in [0.2, 0.25) is 0 Å². The average Bonchev–Trinajstić information content (AvgIpc) is 2.35. The van der Waals surface area contributed by atoms with Crippen LogP contribution in [0.3, 0.4) is 0 Å². The molecule has 1 aliphatic heterocycles. The van der Waals surface area contributed by atoms with Crippen molar-refractivity contribution in [2.45, 2.75) is 70.6 Å². The topological polar surface area (TPSA) is 18.5 Å². The van der Waals surface area contributed by atoms with Gasteiger partial charge in [-0.05, 0) is 12.8 Å². The van der Waals surface area contributed by atoms with E-state index < -0.39 is 0 Å². The molecule has 0 N–H and O–H groups in total. The van der Waals surface area contributed by atoms with Gasteiger partial charge in [0.15, 0.2) is 0 Å². The van der Waals surface area contributed by atoms with Gasteiger partial charge in [0.25, 0.3) is 0 Å². The number of hydrogen-bond acceptors (Lipinski definition) is 4. The van der Waals surface area contributed by atoms with Crippen LogP contribution in [-0.4, -0.2) is 12.4 Å². The van der Waals surface area contributed by atoms with Gasteiger partial charge < -0.3 is 0 Å². The van der Waals surface area contributed by atoms with Gasteiger partial charge in [-0.3, -0.25) is 0 Å². The predicted octanol–water partition coefficient (Wildman–Crippen LogP) is 5.54. The van der Waals surface area contributed by atoms with E-state index in [1.165, 1.54) is 81.0 Å². The molecule has 0 saturated carbocycles. The zero-order valence-corrected chi connectivity index (χ0v) is 12.5. The van der Waals surface area contributed by atoms with E-state index in [2.05, 4.69) is 0 Å². The van der Waals surface area contributed by atoms with Crippen molar-refractivity contribution < 1.29 is 9.22 Å². The third-order valence-electron chi connectivity index (χ3n) is 3.08. The van der Waals surface area contributed by atoms with Gasteiger partial charge in [0, 0.05) is 5.75 Å². The standard InChI is InChI=1S/C13H26O2S2/c1-2-4-6-8-10-12-14-15-17-16-13-11-9-7-5-3-1/h1-13H2. The van der Waals surface area contributed by atoms with Crippen molar-refractivity contribution in [3.8, 4) is 0 Å². The van der Waals surface area contributed by atoms with Crippen molar-refractivity contribution >= 4 is 21.9 Å². The summed E-state index contributed by atoms with van der Waals surface area (Å²) >= 11 is 1.39. The Morgan fingerprint density at radius 2 is 1.12 bits per heavy atom. The molecule has 0 atom stereocenters. The van der Waals surface area contributed by atoms with Crippen LogP contribution < -0.4 is 0 Å². The lowest BCUT2D eigenvalue weighted by molar-refractivity contribution is -0.189. The highest BCUT2D eigenvalue weighted by molar-refractivity contribution is 8.74. The van der Waals surface area contributed by atoms with Gasteiger partial charge in [-0.15, -0.1) is 0 Å². The lowest BCUT2D eigenvalue weighted by atomic mass is 10.1. The van der Waals surface area contributed by atoms with E-state index in [0.29, 0.717) is 0 Å². The van der Waals surface area contributed by atoms with Crippen molar-refractivity contribution in [1.82, 2.24) is 0 Å². The van der Waals surface area contributed by atoms with Crippen molar-refractivity contribution in [2.75, 3.05) is 12.4 Å². The maximum absolute atomic E-state index is 5.10. The summed E-state index contributed by atoms with van der Waals surface area (Å²) in [4.78, 5) is 5.10. The Labute approximate surface area is 114 Å². The van der Waals surface area contributed by atoms with E-state index in [0.717, 1.165) is 13.0 Å². The van der Waals surface area contributed by atoms with E-state index in [4.69, 9.17) is 9.22 Å². The molecule has 1 saturated heterocycles. The van der Waals surface area contributed by atoms with Gasteiger partial charge in [0.05, 0.1) is 6.61 Å². The van der Waals surface area contributed by atoms with Crippen molar-refractivity contribution in [1.29, 1.82) is 0 Å². The van der Waals surface area contributed by atoms with Crippen LogP contribution in [0.5, 0.6) is 0 Å². The zero-order valence-electron chi connectivity index (χ0n) is 10.8. The van der Waals surface area contributed by atoms with E-state index in [1.807, 2.05) is 0 Å². The lowest BCUT2D eigenvalue weighted by Crippen LogP contribution is -1.91. The fourth-order valence-corrected chi connectivity index (χ4v) is 3.35. The molecule has 17 heavy (non-hydrogen) atoms. The van der Waals surface area contributed by atoms with Crippen LogP contribution >= 0.6 is 21.9 Å². The van der Waals surface area contributed by atoms with Crippen LogP contribution in [0.25, 0.3) is 0 Å². The minimum absolute atomic E-state index is 0.744. The molecule has 0 aliphatic carbocycles. The van der Waals surface area contributed by atoms with E-state index in [-0.39, 0.29) is 0 Å². The number of hydrogen-bond donors (Lipinski definition) is 0. The molecule has 4 heteroatoms. The van der Waals surface area contributed by atoms with E-state index >= 15 is 0 Å². The van der Waals surface area contributed by atoms with Gasteiger partial charge in [-0.1, -0.05) is 68.6 Å². The molecule has 0 aromatic carbocycles. The summed E-state index contributed by atoms with van der Waals surface area (Å²) in [5.41, 5.74) is 0. The fourth-order valence-electron chi connectivity index (χ4n) is 2.02. The first kappa shape index (κ1) is 15.7.